The highest BCUT2D eigenvalue weighted by Crippen LogP contribution is 2.22. The molecule has 1 aliphatic heterocycles. The Hall–Kier alpha value is -2.83. The van der Waals surface area contributed by atoms with Gasteiger partial charge in [0.25, 0.3) is 0 Å². The number of nitrogens with zero attached hydrogens (tertiary/aromatic N) is 1. The number of hydrogen-bond acceptors (Lipinski definition) is 5. The first-order valence-electron chi connectivity index (χ1n) is 12.1. The van der Waals surface area contributed by atoms with Crippen molar-refractivity contribution in [2.24, 2.45) is 0 Å². The molecule has 1 aromatic rings. The Morgan fingerprint density at radius 2 is 1.91 bits per heavy atom. The second-order valence-corrected chi connectivity index (χ2v) is 8.35. The van der Waals surface area contributed by atoms with Gasteiger partial charge in [-0.1, -0.05) is 62.2 Å². The fraction of sp³-hybridized carbons (Fsp3) is 0.577. The minimum atomic E-state index is -0.643. The lowest BCUT2D eigenvalue weighted by atomic mass is 10.1. The zero-order valence-corrected chi connectivity index (χ0v) is 20.0. The zero-order valence-electron chi connectivity index (χ0n) is 20.0. The van der Waals surface area contributed by atoms with Crippen molar-refractivity contribution in [3.63, 3.8) is 0 Å². The summed E-state index contributed by atoms with van der Waals surface area (Å²) in [6.45, 7) is 2.79. The van der Waals surface area contributed by atoms with E-state index >= 15 is 0 Å². The summed E-state index contributed by atoms with van der Waals surface area (Å²) in [5.41, 5.74) is 0.894. The monoisotopic (exact) mass is 458 g/mol. The average molecular weight is 459 g/mol. The first-order chi connectivity index (χ1) is 16.0. The molecule has 0 aromatic heterocycles. The molecule has 1 aromatic carbocycles. The summed E-state index contributed by atoms with van der Waals surface area (Å²) in [5, 5.41) is 2.61. The molecule has 1 fully saturated rings. The smallest absolute Gasteiger partial charge is 0.410 e. The molecule has 2 atom stereocenters. The summed E-state index contributed by atoms with van der Waals surface area (Å²) >= 11 is 0. The maximum absolute atomic E-state index is 12.9. The Morgan fingerprint density at radius 3 is 2.64 bits per heavy atom. The quantitative estimate of drug-likeness (QED) is 0.262. The van der Waals surface area contributed by atoms with Gasteiger partial charge in [-0.2, -0.15) is 0 Å². The average Bonchev–Trinajstić information content (AvgIpc) is 3.33. The van der Waals surface area contributed by atoms with Crippen molar-refractivity contribution in [2.45, 2.75) is 83.5 Å². The molecule has 182 valence electrons. The van der Waals surface area contributed by atoms with Crippen LogP contribution in [0.15, 0.2) is 42.5 Å². The Kier molecular flexibility index (Phi) is 12.1. The van der Waals surface area contributed by atoms with Crippen LogP contribution in [-0.4, -0.2) is 48.6 Å². The SMILES string of the molecule is CCCC/C=C/CCC(CCC(=O)NC)OC(=O)[C@@H]1CCCN1C(=O)OCc1ccccc1. The lowest BCUT2D eigenvalue weighted by Crippen LogP contribution is -2.42. The second-order valence-electron chi connectivity index (χ2n) is 8.35. The maximum Gasteiger partial charge on any atom is 0.410 e. The minimum Gasteiger partial charge on any atom is -0.461 e. The number of rotatable bonds is 13. The molecule has 0 bridgehead atoms. The number of ether oxygens (including phenoxy) is 2. The topological polar surface area (TPSA) is 84.9 Å². The van der Waals surface area contributed by atoms with Crippen molar-refractivity contribution < 1.29 is 23.9 Å². The highest BCUT2D eigenvalue weighted by molar-refractivity contribution is 5.82. The molecule has 0 aliphatic carbocycles. The van der Waals surface area contributed by atoms with Gasteiger partial charge in [-0.25, -0.2) is 9.59 Å². The lowest BCUT2D eigenvalue weighted by molar-refractivity contribution is -0.155. The van der Waals surface area contributed by atoms with Crippen LogP contribution >= 0.6 is 0 Å². The number of amides is 2. The number of unbranched alkanes of at least 4 members (excludes halogenated alkanes) is 2. The Morgan fingerprint density at radius 1 is 1.15 bits per heavy atom. The van der Waals surface area contributed by atoms with Crippen LogP contribution in [0.1, 0.15) is 70.3 Å². The summed E-state index contributed by atoms with van der Waals surface area (Å²) in [4.78, 5) is 38.7. The summed E-state index contributed by atoms with van der Waals surface area (Å²) in [6, 6.07) is 8.80. The number of carbonyl (C=O) groups is 3. The van der Waals surface area contributed by atoms with Crippen LogP contribution in [0.5, 0.6) is 0 Å². The van der Waals surface area contributed by atoms with E-state index in [0.29, 0.717) is 32.2 Å². The van der Waals surface area contributed by atoms with Gasteiger partial charge in [0.1, 0.15) is 18.8 Å². The van der Waals surface area contributed by atoms with E-state index in [4.69, 9.17) is 9.47 Å². The van der Waals surface area contributed by atoms with Gasteiger partial charge in [0.05, 0.1) is 0 Å². The van der Waals surface area contributed by atoms with Crippen molar-refractivity contribution in [1.29, 1.82) is 0 Å². The van der Waals surface area contributed by atoms with Gasteiger partial charge in [0.15, 0.2) is 0 Å². The molecule has 1 N–H and O–H groups in total. The van der Waals surface area contributed by atoms with Gasteiger partial charge < -0.3 is 14.8 Å². The highest BCUT2D eigenvalue weighted by Gasteiger charge is 2.37. The third-order valence-corrected chi connectivity index (χ3v) is 5.77. The largest absolute Gasteiger partial charge is 0.461 e. The van der Waals surface area contributed by atoms with Crippen molar-refractivity contribution in [2.75, 3.05) is 13.6 Å². The highest BCUT2D eigenvalue weighted by atomic mass is 16.6. The van der Waals surface area contributed by atoms with Gasteiger partial charge >= 0.3 is 12.1 Å². The number of nitrogens with one attached hydrogen (secondary N) is 1. The Labute approximate surface area is 197 Å². The van der Waals surface area contributed by atoms with Crippen LogP contribution in [-0.2, 0) is 25.7 Å². The molecule has 0 spiro atoms. The van der Waals surface area contributed by atoms with Gasteiger partial charge in [0, 0.05) is 20.0 Å². The number of allylic oxidation sites excluding steroid dienone is 2. The van der Waals surface area contributed by atoms with Gasteiger partial charge in [-0.3, -0.25) is 9.69 Å². The molecule has 7 heteroatoms. The molecular weight excluding hydrogens is 420 g/mol. The number of hydrogen-bond donors (Lipinski definition) is 1. The van der Waals surface area contributed by atoms with E-state index in [0.717, 1.165) is 37.7 Å². The molecule has 33 heavy (non-hydrogen) atoms. The summed E-state index contributed by atoms with van der Waals surface area (Å²) in [5.74, 6) is -0.498. The van der Waals surface area contributed by atoms with Crippen molar-refractivity contribution in [3.05, 3.63) is 48.0 Å². The van der Waals surface area contributed by atoms with Crippen LogP contribution < -0.4 is 5.32 Å². The van der Waals surface area contributed by atoms with E-state index in [1.54, 1.807) is 7.05 Å². The van der Waals surface area contributed by atoms with E-state index in [1.807, 2.05) is 30.3 Å². The van der Waals surface area contributed by atoms with Crippen LogP contribution in [0.2, 0.25) is 0 Å². The van der Waals surface area contributed by atoms with Gasteiger partial charge in [0.2, 0.25) is 5.91 Å². The van der Waals surface area contributed by atoms with Crippen molar-refractivity contribution >= 4 is 18.0 Å². The Balaban J connectivity index is 1.90. The molecule has 0 radical (unpaired) electrons. The van der Waals surface area contributed by atoms with E-state index in [-0.39, 0.29) is 18.6 Å². The van der Waals surface area contributed by atoms with Gasteiger partial charge in [-0.15, -0.1) is 0 Å². The van der Waals surface area contributed by atoms with Crippen LogP contribution in [0.3, 0.4) is 0 Å². The molecule has 0 saturated carbocycles. The lowest BCUT2D eigenvalue weighted by Gasteiger charge is -2.25. The third-order valence-electron chi connectivity index (χ3n) is 5.77. The van der Waals surface area contributed by atoms with E-state index in [9.17, 15) is 14.4 Å². The fourth-order valence-electron chi connectivity index (χ4n) is 3.79. The second kappa shape index (κ2) is 15.1. The molecule has 1 unspecified atom stereocenters. The summed E-state index contributed by atoms with van der Waals surface area (Å²) in [7, 11) is 1.59. The third kappa shape index (κ3) is 9.68. The van der Waals surface area contributed by atoms with E-state index in [2.05, 4.69) is 24.4 Å². The van der Waals surface area contributed by atoms with Crippen LogP contribution in [0, 0.1) is 0 Å². The van der Waals surface area contributed by atoms with Gasteiger partial charge in [-0.05, 0) is 44.1 Å². The number of esters is 1. The molecule has 2 rings (SSSR count). The van der Waals surface area contributed by atoms with Crippen molar-refractivity contribution in [1.82, 2.24) is 10.2 Å². The molecular formula is C26H38N2O5. The van der Waals surface area contributed by atoms with E-state index < -0.39 is 18.1 Å². The predicted molar refractivity (Wildman–Crippen MR) is 127 cm³/mol. The molecule has 2 amide bonds. The van der Waals surface area contributed by atoms with Crippen LogP contribution in [0.25, 0.3) is 0 Å². The first kappa shape index (κ1) is 26.4. The number of likely N-dealkylation sites (tertiary alicyclic amines) is 1. The van der Waals surface area contributed by atoms with E-state index in [1.165, 1.54) is 4.90 Å². The predicted octanol–water partition coefficient (Wildman–Crippen LogP) is 4.75. The Bertz CT molecular complexity index is 765. The maximum atomic E-state index is 12.9. The number of benzene rings is 1. The fourth-order valence-corrected chi connectivity index (χ4v) is 3.79. The zero-order chi connectivity index (χ0) is 23.9. The first-order valence-corrected chi connectivity index (χ1v) is 12.1. The molecule has 1 aliphatic rings. The molecule has 1 saturated heterocycles. The normalized spacial score (nSPS) is 16.5. The minimum absolute atomic E-state index is 0.0819. The molecule has 1 heterocycles. The van der Waals surface area contributed by atoms with Crippen LogP contribution in [0.4, 0.5) is 4.79 Å². The van der Waals surface area contributed by atoms with Crippen molar-refractivity contribution in [3.8, 4) is 0 Å². The number of carbonyl (C=O) groups excluding carboxylic acids is 3. The summed E-state index contributed by atoms with van der Waals surface area (Å²) < 4.78 is 11.2. The molecule has 7 nitrogen and oxygen atoms in total. The summed E-state index contributed by atoms with van der Waals surface area (Å²) in [6.07, 6.45) is 10.2. The standard InChI is InChI=1S/C26H38N2O5/c1-3-4-5-6-7-11-15-22(17-18-24(29)27-2)33-25(30)23-16-12-19-28(23)26(31)32-20-21-13-9-8-10-14-21/h6-10,13-14,22-23H,3-5,11-12,15-20H2,1-2H3,(H,27,29)/b7-6+/t22?,23-/m0/s1.